The fourth-order valence-electron chi connectivity index (χ4n) is 1.99. The molecule has 1 aromatic heterocycles. The van der Waals surface area contributed by atoms with E-state index < -0.39 is 0 Å². The highest BCUT2D eigenvalue weighted by molar-refractivity contribution is 9.09. The molecule has 1 N–H and O–H groups in total. The molecule has 0 saturated carbocycles. The fraction of sp³-hybridized carbons (Fsp3) is 0.333. The number of nitrogens with one attached hydrogen (secondary N) is 1. The highest BCUT2D eigenvalue weighted by Gasteiger charge is 2.08. The third kappa shape index (κ3) is 3.77. The number of amides is 1. The van der Waals surface area contributed by atoms with Crippen molar-refractivity contribution < 1.29 is 4.79 Å². The highest BCUT2D eigenvalue weighted by Crippen LogP contribution is 2.16. The van der Waals surface area contributed by atoms with E-state index in [-0.39, 0.29) is 5.91 Å². The number of alkyl halides is 1. The lowest BCUT2D eigenvalue weighted by Gasteiger charge is -2.07. The van der Waals surface area contributed by atoms with E-state index in [1.807, 2.05) is 30.3 Å². The van der Waals surface area contributed by atoms with Gasteiger partial charge in [0, 0.05) is 29.0 Å². The highest BCUT2D eigenvalue weighted by atomic mass is 79.9. The molecular formula is C15H17BrN2O. The molecule has 19 heavy (non-hydrogen) atoms. The van der Waals surface area contributed by atoms with Crippen molar-refractivity contribution in [3.63, 3.8) is 0 Å². The van der Waals surface area contributed by atoms with Gasteiger partial charge in [0.1, 0.15) is 0 Å². The Morgan fingerprint density at radius 3 is 2.89 bits per heavy atom. The van der Waals surface area contributed by atoms with Gasteiger partial charge in [-0.25, -0.2) is 0 Å². The van der Waals surface area contributed by atoms with Crippen molar-refractivity contribution in [3.8, 4) is 0 Å². The van der Waals surface area contributed by atoms with Crippen LogP contribution < -0.4 is 5.32 Å². The Labute approximate surface area is 121 Å². The Hall–Kier alpha value is -1.42. The van der Waals surface area contributed by atoms with Gasteiger partial charge in [0.2, 0.25) is 0 Å². The molecule has 1 amide bonds. The summed E-state index contributed by atoms with van der Waals surface area (Å²) in [6.07, 6.45) is 5.03. The van der Waals surface area contributed by atoms with Gasteiger partial charge >= 0.3 is 0 Å². The average Bonchev–Trinajstić information content (AvgIpc) is 2.46. The van der Waals surface area contributed by atoms with Gasteiger partial charge in [-0.2, -0.15) is 0 Å². The van der Waals surface area contributed by atoms with E-state index in [0.717, 1.165) is 42.0 Å². The van der Waals surface area contributed by atoms with Gasteiger partial charge in [0.15, 0.2) is 0 Å². The molecule has 0 spiro atoms. The largest absolute Gasteiger partial charge is 0.352 e. The first-order valence-corrected chi connectivity index (χ1v) is 7.63. The minimum absolute atomic E-state index is 0.0163. The second-order valence-electron chi connectivity index (χ2n) is 4.38. The molecule has 0 saturated heterocycles. The van der Waals surface area contributed by atoms with Crippen molar-refractivity contribution >= 4 is 32.7 Å². The van der Waals surface area contributed by atoms with Gasteiger partial charge in [-0.15, -0.1) is 0 Å². The molecule has 0 aliphatic rings. The normalized spacial score (nSPS) is 10.6. The summed E-state index contributed by atoms with van der Waals surface area (Å²) in [6, 6.07) is 9.42. The first-order valence-electron chi connectivity index (χ1n) is 6.51. The van der Waals surface area contributed by atoms with Crippen LogP contribution >= 0.6 is 15.9 Å². The molecule has 100 valence electrons. The summed E-state index contributed by atoms with van der Waals surface area (Å²) in [5.41, 5.74) is 1.56. The Kier molecular flexibility index (Phi) is 5.33. The number of nitrogens with zero attached hydrogens (tertiary/aromatic N) is 1. The number of hydrogen-bond donors (Lipinski definition) is 1. The Bertz CT molecular complexity index is 551. The maximum atomic E-state index is 12.1. The summed E-state index contributed by atoms with van der Waals surface area (Å²) < 4.78 is 0. The lowest BCUT2D eigenvalue weighted by atomic mass is 10.1. The number of rotatable bonds is 6. The number of hydrogen-bond acceptors (Lipinski definition) is 2. The van der Waals surface area contributed by atoms with Crippen LogP contribution in [0.5, 0.6) is 0 Å². The first kappa shape index (κ1) is 14.0. The average molecular weight is 321 g/mol. The molecule has 3 nitrogen and oxygen atoms in total. The third-order valence-corrected chi connectivity index (χ3v) is 3.55. The van der Waals surface area contributed by atoms with Crippen LogP contribution in [0.3, 0.4) is 0 Å². The van der Waals surface area contributed by atoms with Gasteiger partial charge in [0.05, 0.1) is 5.52 Å². The summed E-state index contributed by atoms with van der Waals surface area (Å²) in [7, 11) is 0. The summed E-state index contributed by atoms with van der Waals surface area (Å²) in [4.78, 5) is 16.4. The van der Waals surface area contributed by atoms with E-state index in [4.69, 9.17) is 0 Å². The minimum Gasteiger partial charge on any atom is -0.352 e. The Morgan fingerprint density at radius 1 is 1.16 bits per heavy atom. The summed E-state index contributed by atoms with van der Waals surface area (Å²) >= 11 is 3.40. The number of benzene rings is 1. The molecular weight excluding hydrogens is 304 g/mol. The standard InChI is InChI=1S/C15H17BrN2O/c16-9-2-1-3-10-18-15(19)13-6-4-8-14-12(13)7-5-11-17-14/h4-8,11H,1-3,9-10H2,(H,18,19). The van der Waals surface area contributed by atoms with Gasteiger partial charge in [-0.05, 0) is 31.0 Å². The Morgan fingerprint density at radius 2 is 2.05 bits per heavy atom. The van der Waals surface area contributed by atoms with Crippen molar-refractivity contribution in [2.45, 2.75) is 19.3 Å². The number of aromatic nitrogens is 1. The molecule has 1 aromatic carbocycles. The van der Waals surface area contributed by atoms with Crippen LogP contribution in [-0.2, 0) is 0 Å². The monoisotopic (exact) mass is 320 g/mol. The smallest absolute Gasteiger partial charge is 0.251 e. The number of carbonyl (C=O) groups is 1. The fourth-order valence-corrected chi connectivity index (χ4v) is 2.39. The maximum Gasteiger partial charge on any atom is 0.251 e. The summed E-state index contributed by atoms with van der Waals surface area (Å²) in [6.45, 7) is 0.725. The van der Waals surface area contributed by atoms with Crippen molar-refractivity contribution in [2.24, 2.45) is 0 Å². The van der Waals surface area contributed by atoms with E-state index in [9.17, 15) is 4.79 Å². The third-order valence-electron chi connectivity index (χ3n) is 2.99. The van der Waals surface area contributed by atoms with E-state index in [1.165, 1.54) is 0 Å². The van der Waals surface area contributed by atoms with Crippen LogP contribution in [-0.4, -0.2) is 22.8 Å². The molecule has 0 unspecified atom stereocenters. The van der Waals surface area contributed by atoms with Crippen LogP contribution in [0.25, 0.3) is 10.9 Å². The molecule has 0 fully saturated rings. The van der Waals surface area contributed by atoms with Crippen LogP contribution in [0.15, 0.2) is 36.5 Å². The summed E-state index contributed by atoms with van der Waals surface area (Å²) in [5, 5.41) is 4.90. The molecule has 2 aromatic rings. The zero-order chi connectivity index (χ0) is 13.5. The molecule has 2 rings (SSSR count). The zero-order valence-electron chi connectivity index (χ0n) is 10.7. The Balaban J connectivity index is 2.01. The molecule has 4 heteroatoms. The van der Waals surface area contributed by atoms with E-state index in [1.54, 1.807) is 6.20 Å². The van der Waals surface area contributed by atoms with Gasteiger partial charge in [0.25, 0.3) is 5.91 Å². The predicted octanol–water partition coefficient (Wildman–Crippen LogP) is 3.53. The second-order valence-corrected chi connectivity index (χ2v) is 5.17. The molecule has 0 atom stereocenters. The molecule has 0 bridgehead atoms. The lowest BCUT2D eigenvalue weighted by Crippen LogP contribution is -2.24. The van der Waals surface area contributed by atoms with Crippen molar-refractivity contribution in [1.29, 1.82) is 0 Å². The number of carbonyl (C=O) groups excluding carboxylic acids is 1. The predicted molar refractivity (Wildman–Crippen MR) is 81.7 cm³/mol. The zero-order valence-corrected chi connectivity index (χ0v) is 12.3. The van der Waals surface area contributed by atoms with Gasteiger partial charge in [-0.1, -0.05) is 34.5 Å². The maximum absolute atomic E-state index is 12.1. The topological polar surface area (TPSA) is 42.0 Å². The van der Waals surface area contributed by atoms with Crippen molar-refractivity contribution in [2.75, 3.05) is 11.9 Å². The molecule has 0 aliphatic heterocycles. The van der Waals surface area contributed by atoms with Gasteiger partial charge < -0.3 is 5.32 Å². The quantitative estimate of drug-likeness (QED) is 0.653. The SMILES string of the molecule is O=C(NCCCCCBr)c1cccc2ncccc12. The molecule has 1 heterocycles. The van der Waals surface area contributed by atoms with Crippen LogP contribution in [0, 0.1) is 0 Å². The number of unbranched alkanes of at least 4 members (excludes halogenated alkanes) is 2. The van der Waals surface area contributed by atoms with E-state index in [2.05, 4.69) is 26.2 Å². The van der Waals surface area contributed by atoms with Crippen LogP contribution in [0.2, 0.25) is 0 Å². The molecule has 0 radical (unpaired) electrons. The summed E-state index contributed by atoms with van der Waals surface area (Å²) in [5.74, 6) is -0.0163. The van der Waals surface area contributed by atoms with E-state index in [0.29, 0.717) is 5.56 Å². The lowest BCUT2D eigenvalue weighted by molar-refractivity contribution is 0.0954. The molecule has 0 aliphatic carbocycles. The van der Waals surface area contributed by atoms with Crippen LogP contribution in [0.1, 0.15) is 29.6 Å². The number of pyridine rings is 1. The second kappa shape index (κ2) is 7.24. The van der Waals surface area contributed by atoms with Crippen molar-refractivity contribution in [3.05, 3.63) is 42.1 Å². The first-order chi connectivity index (χ1) is 9.33. The number of halogens is 1. The van der Waals surface area contributed by atoms with Crippen LogP contribution in [0.4, 0.5) is 0 Å². The van der Waals surface area contributed by atoms with Crippen molar-refractivity contribution in [1.82, 2.24) is 10.3 Å². The minimum atomic E-state index is -0.0163. The number of fused-ring (bicyclic) bond motifs is 1. The van der Waals surface area contributed by atoms with Gasteiger partial charge in [-0.3, -0.25) is 9.78 Å². The van der Waals surface area contributed by atoms with E-state index >= 15 is 0 Å².